The highest BCUT2D eigenvalue weighted by molar-refractivity contribution is 5.82. The van der Waals surface area contributed by atoms with E-state index in [-0.39, 0.29) is 5.82 Å². The maximum Gasteiger partial charge on any atom is 0.200 e. The summed E-state index contributed by atoms with van der Waals surface area (Å²) >= 11 is 0. The van der Waals surface area contributed by atoms with Crippen molar-refractivity contribution in [2.75, 3.05) is 25.6 Å². The third-order valence-electron chi connectivity index (χ3n) is 5.08. The summed E-state index contributed by atoms with van der Waals surface area (Å²) in [6.07, 6.45) is 0. The summed E-state index contributed by atoms with van der Waals surface area (Å²) in [5, 5.41) is 3.39. The number of ether oxygens (including phenoxy) is 3. The first-order chi connectivity index (χ1) is 14.7. The van der Waals surface area contributed by atoms with Crippen molar-refractivity contribution in [1.29, 1.82) is 0 Å². The number of aromatic nitrogens is 2. The quantitative estimate of drug-likeness (QED) is 0.519. The number of halogens is 1. The van der Waals surface area contributed by atoms with E-state index in [2.05, 4.69) is 5.32 Å². The minimum atomic E-state index is -0.331. The highest BCUT2D eigenvalue weighted by Gasteiger charge is 2.22. The largest absolute Gasteiger partial charge is 0.486 e. The van der Waals surface area contributed by atoms with Gasteiger partial charge in [0.2, 0.25) is 5.88 Å². The van der Waals surface area contributed by atoms with Crippen LogP contribution in [0.1, 0.15) is 5.56 Å². The summed E-state index contributed by atoms with van der Waals surface area (Å²) in [5.41, 5.74) is 3.16. The second-order valence-electron chi connectivity index (χ2n) is 6.99. The van der Waals surface area contributed by atoms with Crippen LogP contribution in [0.2, 0.25) is 0 Å². The lowest BCUT2D eigenvalue weighted by Crippen LogP contribution is -2.15. The van der Waals surface area contributed by atoms with E-state index in [0.29, 0.717) is 53.3 Å². The summed E-state index contributed by atoms with van der Waals surface area (Å²) in [7, 11) is 1.59. The predicted octanol–water partition coefficient (Wildman–Crippen LogP) is 4.97. The maximum atomic E-state index is 14.8. The summed E-state index contributed by atoms with van der Waals surface area (Å²) in [6.45, 7) is 2.90. The first-order valence-corrected chi connectivity index (χ1v) is 9.63. The standard InChI is InChI=1S/C23H20FN3O3/c1-14-5-3-6-16(24)21(14)22-23(27-19(26-22)7-4-8-20(27)28-2)25-15-9-10-17-18(13-15)30-12-11-29-17/h3-10,13,25H,11-12H2,1-2H3. The highest BCUT2D eigenvalue weighted by Crippen LogP contribution is 2.39. The molecule has 0 unspecified atom stereocenters. The van der Waals surface area contributed by atoms with E-state index in [4.69, 9.17) is 19.2 Å². The van der Waals surface area contributed by atoms with E-state index in [1.54, 1.807) is 13.2 Å². The molecule has 4 aromatic rings. The van der Waals surface area contributed by atoms with Gasteiger partial charge in [0.15, 0.2) is 11.5 Å². The minimum absolute atomic E-state index is 0.331. The molecule has 0 amide bonds. The Morgan fingerprint density at radius 2 is 1.83 bits per heavy atom. The van der Waals surface area contributed by atoms with Gasteiger partial charge in [0, 0.05) is 17.3 Å². The zero-order valence-electron chi connectivity index (χ0n) is 16.6. The Balaban J connectivity index is 1.71. The van der Waals surface area contributed by atoms with Crippen LogP contribution in [-0.4, -0.2) is 29.7 Å². The summed E-state index contributed by atoms with van der Waals surface area (Å²) in [4.78, 5) is 4.72. The summed E-state index contributed by atoms with van der Waals surface area (Å²) in [5.74, 6) is 2.22. The third kappa shape index (κ3) is 2.99. The smallest absolute Gasteiger partial charge is 0.200 e. The van der Waals surface area contributed by atoms with Crippen LogP contribution in [0, 0.1) is 12.7 Å². The first kappa shape index (κ1) is 18.3. The molecule has 1 aliphatic heterocycles. The fourth-order valence-corrected chi connectivity index (χ4v) is 3.70. The topological polar surface area (TPSA) is 57.0 Å². The van der Waals surface area contributed by atoms with Crippen molar-refractivity contribution in [2.45, 2.75) is 6.92 Å². The van der Waals surface area contributed by atoms with Gasteiger partial charge in [-0.25, -0.2) is 13.8 Å². The monoisotopic (exact) mass is 405 g/mol. The average Bonchev–Trinajstić information content (AvgIpc) is 3.11. The van der Waals surface area contributed by atoms with Crippen molar-refractivity contribution in [3.05, 3.63) is 66.0 Å². The number of nitrogens with one attached hydrogen (secondary N) is 1. The second kappa shape index (κ2) is 7.26. The maximum absolute atomic E-state index is 14.8. The lowest BCUT2D eigenvalue weighted by atomic mass is 10.0. The number of rotatable bonds is 4. The average molecular weight is 405 g/mol. The molecule has 0 radical (unpaired) electrons. The van der Waals surface area contributed by atoms with Crippen molar-refractivity contribution >= 4 is 17.2 Å². The van der Waals surface area contributed by atoms with E-state index in [9.17, 15) is 4.39 Å². The minimum Gasteiger partial charge on any atom is -0.486 e. The van der Waals surface area contributed by atoms with Gasteiger partial charge in [-0.1, -0.05) is 18.2 Å². The lowest BCUT2D eigenvalue weighted by Gasteiger charge is -2.19. The molecule has 5 rings (SSSR count). The van der Waals surface area contributed by atoms with Gasteiger partial charge in [-0.3, -0.25) is 0 Å². The fraction of sp³-hybridized carbons (Fsp3) is 0.174. The van der Waals surface area contributed by atoms with Crippen LogP contribution in [0.3, 0.4) is 0 Å². The van der Waals surface area contributed by atoms with Gasteiger partial charge in [0.05, 0.1) is 7.11 Å². The van der Waals surface area contributed by atoms with Gasteiger partial charge in [0.1, 0.15) is 36.2 Å². The number of hydrogen-bond donors (Lipinski definition) is 1. The molecule has 1 aliphatic rings. The van der Waals surface area contributed by atoms with Crippen molar-refractivity contribution in [2.24, 2.45) is 0 Å². The molecule has 2 aromatic heterocycles. The number of fused-ring (bicyclic) bond motifs is 2. The zero-order chi connectivity index (χ0) is 20.7. The molecule has 0 fully saturated rings. The van der Waals surface area contributed by atoms with E-state index in [1.807, 2.05) is 53.8 Å². The molecule has 0 aliphatic carbocycles. The van der Waals surface area contributed by atoms with E-state index < -0.39 is 0 Å². The zero-order valence-corrected chi connectivity index (χ0v) is 16.6. The Kier molecular flexibility index (Phi) is 4.43. The molecule has 1 N–H and O–H groups in total. The molecular formula is C23H20FN3O3. The van der Waals surface area contributed by atoms with Crippen LogP contribution < -0.4 is 19.5 Å². The number of hydrogen-bond acceptors (Lipinski definition) is 5. The number of benzene rings is 2. The number of methoxy groups -OCH3 is 1. The Bertz CT molecular complexity index is 1230. The van der Waals surface area contributed by atoms with Crippen molar-refractivity contribution in [1.82, 2.24) is 9.38 Å². The van der Waals surface area contributed by atoms with Crippen molar-refractivity contribution in [3.8, 4) is 28.6 Å². The van der Waals surface area contributed by atoms with Crippen LogP contribution in [0.15, 0.2) is 54.6 Å². The Morgan fingerprint density at radius 3 is 2.63 bits per heavy atom. The van der Waals surface area contributed by atoms with E-state index in [1.165, 1.54) is 6.07 Å². The molecule has 2 aromatic carbocycles. The van der Waals surface area contributed by atoms with Crippen LogP contribution >= 0.6 is 0 Å². The molecule has 6 nitrogen and oxygen atoms in total. The van der Waals surface area contributed by atoms with Crippen LogP contribution in [-0.2, 0) is 0 Å². The molecule has 152 valence electrons. The Labute approximate surface area is 172 Å². The molecule has 0 spiro atoms. The third-order valence-corrected chi connectivity index (χ3v) is 5.08. The predicted molar refractivity (Wildman–Crippen MR) is 113 cm³/mol. The molecule has 0 saturated heterocycles. The van der Waals surface area contributed by atoms with Crippen LogP contribution in [0.5, 0.6) is 17.4 Å². The van der Waals surface area contributed by atoms with E-state index >= 15 is 0 Å². The van der Waals surface area contributed by atoms with Gasteiger partial charge < -0.3 is 19.5 Å². The van der Waals surface area contributed by atoms with E-state index in [0.717, 1.165) is 11.3 Å². The number of imidazole rings is 1. The molecular weight excluding hydrogens is 385 g/mol. The number of nitrogens with zero attached hydrogens (tertiary/aromatic N) is 2. The molecule has 0 saturated carbocycles. The van der Waals surface area contributed by atoms with Gasteiger partial charge in [-0.05, 0) is 42.8 Å². The fourth-order valence-electron chi connectivity index (χ4n) is 3.70. The molecule has 3 heterocycles. The normalized spacial score (nSPS) is 12.8. The molecule has 7 heteroatoms. The molecule has 0 atom stereocenters. The summed E-state index contributed by atoms with van der Waals surface area (Å²) < 4.78 is 33.5. The van der Waals surface area contributed by atoms with Gasteiger partial charge >= 0.3 is 0 Å². The Morgan fingerprint density at radius 1 is 1.03 bits per heavy atom. The van der Waals surface area contributed by atoms with Gasteiger partial charge in [-0.15, -0.1) is 0 Å². The number of anilines is 2. The number of pyridine rings is 1. The number of aryl methyl sites for hydroxylation is 1. The second-order valence-corrected chi connectivity index (χ2v) is 6.99. The van der Waals surface area contributed by atoms with Crippen LogP contribution in [0.4, 0.5) is 15.9 Å². The SMILES string of the molecule is COc1cccc2nc(-c3c(C)cccc3F)c(Nc3ccc4c(c3)OCCO4)n12. The lowest BCUT2D eigenvalue weighted by molar-refractivity contribution is 0.171. The van der Waals surface area contributed by atoms with Crippen LogP contribution in [0.25, 0.3) is 16.9 Å². The van der Waals surface area contributed by atoms with Gasteiger partial charge in [0.25, 0.3) is 0 Å². The van der Waals surface area contributed by atoms with Crippen molar-refractivity contribution < 1.29 is 18.6 Å². The molecule has 30 heavy (non-hydrogen) atoms. The van der Waals surface area contributed by atoms with Crippen molar-refractivity contribution in [3.63, 3.8) is 0 Å². The molecule has 0 bridgehead atoms. The van der Waals surface area contributed by atoms with Gasteiger partial charge in [-0.2, -0.15) is 0 Å². The highest BCUT2D eigenvalue weighted by atomic mass is 19.1. The summed E-state index contributed by atoms with van der Waals surface area (Å²) in [6, 6.07) is 16.2. The Hall–Kier alpha value is -3.74. The first-order valence-electron chi connectivity index (χ1n) is 9.63.